The Bertz CT molecular complexity index is 1380. The number of fused-ring (bicyclic) bond motifs is 7. The number of aromatic hydroxyl groups is 2. The van der Waals surface area contributed by atoms with Gasteiger partial charge in [-0.05, 0) is 141 Å². The molecule has 1 aromatic carbocycles. The summed E-state index contributed by atoms with van der Waals surface area (Å²) < 4.78 is 6.17. The Morgan fingerprint density at radius 2 is 1.64 bits per heavy atom. The molecule has 5 aliphatic rings. The van der Waals surface area contributed by atoms with Gasteiger partial charge in [0.15, 0.2) is 11.5 Å². The molecule has 1 aromatic rings. The molecule has 5 saturated carbocycles. The zero-order valence-corrected chi connectivity index (χ0v) is 27.8. The van der Waals surface area contributed by atoms with Crippen molar-refractivity contribution in [2.75, 3.05) is 0 Å². The minimum absolute atomic E-state index is 0.151. The van der Waals surface area contributed by atoms with Crippen LogP contribution in [0.3, 0.4) is 0 Å². The number of carbonyl (C=O) groups excluding carboxylic acids is 2. The SMILES string of the molecule is C=C(C)[C@@H]1CC[C@]2(C=O)CC[C@]3(C)[C@H](CC[C@@H]4[C@@]5(C)CC[C@H](OC(=O)C=Cc6ccc(O)c(O)c6)C(C)(C)[C@@H]5CC[C@]43C)[C@@H]12. The summed E-state index contributed by atoms with van der Waals surface area (Å²) in [6.07, 6.45) is 15.3. The highest BCUT2D eigenvalue weighted by Gasteiger charge is 2.71. The zero-order chi connectivity index (χ0) is 31.9. The Morgan fingerprint density at radius 3 is 2.32 bits per heavy atom. The van der Waals surface area contributed by atoms with Crippen LogP contribution in [-0.4, -0.2) is 28.6 Å². The van der Waals surface area contributed by atoms with Gasteiger partial charge in [0.1, 0.15) is 12.4 Å². The zero-order valence-electron chi connectivity index (χ0n) is 27.8. The van der Waals surface area contributed by atoms with E-state index >= 15 is 0 Å². The van der Waals surface area contributed by atoms with Gasteiger partial charge in [0.25, 0.3) is 0 Å². The number of phenols is 2. The van der Waals surface area contributed by atoms with E-state index in [9.17, 15) is 19.8 Å². The second kappa shape index (κ2) is 10.5. The Hall–Kier alpha value is -2.56. The highest BCUT2D eigenvalue weighted by molar-refractivity contribution is 5.87. The lowest BCUT2D eigenvalue weighted by atomic mass is 9.32. The third-order valence-electron chi connectivity index (χ3n) is 15.0. The topological polar surface area (TPSA) is 83.8 Å². The molecule has 0 radical (unpaired) electrons. The Kier molecular flexibility index (Phi) is 7.49. The van der Waals surface area contributed by atoms with E-state index in [0.717, 1.165) is 44.9 Å². The van der Waals surface area contributed by atoms with Crippen molar-refractivity contribution in [3.8, 4) is 11.5 Å². The summed E-state index contributed by atoms with van der Waals surface area (Å²) in [5, 5.41) is 19.4. The average molecular weight is 603 g/mol. The standard InChI is InChI=1S/C39H54O5/c1-24(2)26-14-19-39(23-40)21-20-37(6)27(34(26)39)10-12-31-36(5)17-16-32(35(3,4)30(36)15-18-38(31,37)7)44-33(43)13-9-25-8-11-28(41)29(42)22-25/h8-9,11,13,22-23,26-27,30-32,34,41-42H,1,10,12,14-21H2,2-7H3/t26-,27+,30-,31+,32-,34+,36-,37+,38+,39+/m0/s1. The number of aldehydes is 1. The molecule has 0 heterocycles. The molecule has 5 heteroatoms. The second-order valence-corrected chi connectivity index (χ2v) is 16.9. The van der Waals surface area contributed by atoms with Crippen LogP contribution in [0.25, 0.3) is 6.08 Å². The highest BCUT2D eigenvalue weighted by Crippen LogP contribution is 2.77. The van der Waals surface area contributed by atoms with Crippen molar-refractivity contribution in [1.29, 1.82) is 0 Å². The fourth-order valence-electron chi connectivity index (χ4n) is 12.6. The molecule has 44 heavy (non-hydrogen) atoms. The average Bonchev–Trinajstić information content (AvgIpc) is 3.36. The lowest BCUT2D eigenvalue weighted by Crippen LogP contribution is -2.66. The Balaban J connectivity index is 1.23. The molecule has 10 atom stereocenters. The lowest BCUT2D eigenvalue weighted by Gasteiger charge is -2.72. The minimum atomic E-state index is -0.364. The van der Waals surface area contributed by atoms with Gasteiger partial charge in [0.05, 0.1) is 0 Å². The van der Waals surface area contributed by atoms with Crippen molar-refractivity contribution in [2.24, 2.45) is 56.7 Å². The highest BCUT2D eigenvalue weighted by atomic mass is 16.5. The maximum Gasteiger partial charge on any atom is 0.331 e. The van der Waals surface area contributed by atoms with Gasteiger partial charge in [0, 0.05) is 16.9 Å². The number of esters is 1. The van der Waals surface area contributed by atoms with E-state index in [1.807, 2.05) is 0 Å². The summed E-state index contributed by atoms with van der Waals surface area (Å²) >= 11 is 0. The Labute approximate surface area is 264 Å². The molecule has 0 unspecified atom stereocenters. The molecule has 2 N–H and O–H groups in total. The van der Waals surface area contributed by atoms with E-state index in [4.69, 9.17) is 4.74 Å². The van der Waals surface area contributed by atoms with Crippen LogP contribution in [0, 0.1) is 56.7 Å². The molecule has 0 aromatic heterocycles. The van der Waals surface area contributed by atoms with E-state index in [1.54, 1.807) is 12.1 Å². The van der Waals surface area contributed by atoms with Crippen LogP contribution < -0.4 is 0 Å². The van der Waals surface area contributed by atoms with Gasteiger partial charge in [-0.3, -0.25) is 0 Å². The van der Waals surface area contributed by atoms with E-state index in [-0.39, 0.29) is 50.6 Å². The number of ether oxygens (including phenoxy) is 1. The third kappa shape index (κ3) is 4.37. The first-order chi connectivity index (χ1) is 20.6. The summed E-state index contributed by atoms with van der Waals surface area (Å²) in [6, 6.07) is 4.49. The molecule has 0 spiro atoms. The monoisotopic (exact) mass is 602 g/mol. The van der Waals surface area contributed by atoms with E-state index in [0.29, 0.717) is 35.2 Å². The number of rotatable bonds is 5. The Morgan fingerprint density at radius 1 is 0.886 bits per heavy atom. The van der Waals surface area contributed by atoms with Crippen molar-refractivity contribution in [3.05, 3.63) is 42.0 Å². The van der Waals surface area contributed by atoms with Crippen LogP contribution in [0.2, 0.25) is 0 Å². The molecule has 5 nitrogen and oxygen atoms in total. The quantitative estimate of drug-likeness (QED) is 0.116. The summed E-state index contributed by atoms with van der Waals surface area (Å²) in [5.41, 5.74) is 2.20. The summed E-state index contributed by atoms with van der Waals surface area (Å²) in [6.45, 7) is 19.0. The number of hydrogen-bond acceptors (Lipinski definition) is 5. The van der Waals surface area contributed by atoms with Crippen LogP contribution >= 0.6 is 0 Å². The number of benzene rings is 1. The van der Waals surface area contributed by atoms with Gasteiger partial charge in [-0.2, -0.15) is 0 Å². The first-order valence-electron chi connectivity index (χ1n) is 17.2. The van der Waals surface area contributed by atoms with Crippen LogP contribution in [0.5, 0.6) is 11.5 Å². The maximum atomic E-state index is 13.0. The van der Waals surface area contributed by atoms with Crippen molar-refractivity contribution >= 4 is 18.3 Å². The normalized spacial score (nSPS) is 44.1. The van der Waals surface area contributed by atoms with E-state index < -0.39 is 0 Å². The first-order valence-corrected chi connectivity index (χ1v) is 17.2. The summed E-state index contributed by atoms with van der Waals surface area (Å²) in [7, 11) is 0. The van der Waals surface area contributed by atoms with Gasteiger partial charge in [0.2, 0.25) is 0 Å². The fraction of sp³-hybridized carbons (Fsp3) is 0.692. The van der Waals surface area contributed by atoms with Crippen LogP contribution in [-0.2, 0) is 14.3 Å². The molecule has 0 aliphatic heterocycles. The van der Waals surface area contributed by atoms with Crippen molar-refractivity contribution in [3.63, 3.8) is 0 Å². The third-order valence-corrected chi connectivity index (χ3v) is 15.0. The molecule has 240 valence electrons. The van der Waals surface area contributed by atoms with Gasteiger partial charge in [-0.1, -0.05) is 52.8 Å². The van der Waals surface area contributed by atoms with E-state index in [1.165, 1.54) is 49.3 Å². The van der Waals surface area contributed by atoms with E-state index in [2.05, 4.69) is 48.1 Å². The van der Waals surface area contributed by atoms with Gasteiger partial charge in [-0.25, -0.2) is 4.79 Å². The molecule has 0 saturated heterocycles. The van der Waals surface area contributed by atoms with Crippen LogP contribution in [0.1, 0.15) is 111 Å². The van der Waals surface area contributed by atoms with Crippen molar-refractivity contribution in [2.45, 2.75) is 112 Å². The molecule has 5 fully saturated rings. The molecule has 0 bridgehead atoms. The molecule has 6 rings (SSSR count). The lowest BCUT2D eigenvalue weighted by molar-refractivity contribution is -0.247. The predicted octanol–water partition coefficient (Wildman–Crippen LogP) is 8.88. The molecular weight excluding hydrogens is 548 g/mol. The summed E-state index contributed by atoms with van der Waals surface area (Å²) in [4.78, 5) is 25.7. The van der Waals surface area contributed by atoms with Gasteiger partial charge < -0.3 is 19.7 Å². The number of phenolic OH excluding ortho intramolecular Hbond substituents is 2. The first kappa shape index (κ1) is 31.4. The summed E-state index contributed by atoms with van der Waals surface area (Å²) in [5.74, 6) is 1.79. The minimum Gasteiger partial charge on any atom is -0.504 e. The molecule has 5 aliphatic carbocycles. The predicted molar refractivity (Wildman–Crippen MR) is 174 cm³/mol. The smallest absolute Gasteiger partial charge is 0.331 e. The molecule has 0 amide bonds. The van der Waals surface area contributed by atoms with Gasteiger partial charge >= 0.3 is 5.97 Å². The number of carbonyl (C=O) groups is 2. The van der Waals surface area contributed by atoms with Gasteiger partial charge in [-0.15, -0.1) is 0 Å². The van der Waals surface area contributed by atoms with Crippen LogP contribution in [0.15, 0.2) is 36.4 Å². The second-order valence-electron chi connectivity index (χ2n) is 16.9. The van der Waals surface area contributed by atoms with Crippen molar-refractivity contribution in [1.82, 2.24) is 0 Å². The fourth-order valence-corrected chi connectivity index (χ4v) is 12.6. The number of allylic oxidation sites excluding steroid dienone is 1. The maximum absolute atomic E-state index is 13.0. The largest absolute Gasteiger partial charge is 0.504 e. The van der Waals surface area contributed by atoms with Crippen molar-refractivity contribution < 1.29 is 24.5 Å². The van der Waals surface area contributed by atoms with Crippen LogP contribution in [0.4, 0.5) is 0 Å². The number of hydrogen-bond donors (Lipinski definition) is 2. The molecular formula is C39H54O5.